The normalized spacial score (nSPS) is 28.3. The number of alkyl carbamates (subject to hydrolysis) is 1. The van der Waals surface area contributed by atoms with Crippen LogP contribution in [0.4, 0.5) is 4.79 Å². The average Bonchev–Trinajstić information content (AvgIpc) is 3.99. The molecule has 4 aliphatic rings. The maximum absolute atomic E-state index is 14.4. The van der Waals surface area contributed by atoms with Gasteiger partial charge in [0, 0.05) is 23.9 Å². The Kier molecular flexibility index (Phi) is 10.4. The Morgan fingerprint density at radius 1 is 1.13 bits per heavy atom. The van der Waals surface area contributed by atoms with Crippen LogP contribution in [-0.2, 0) is 39.0 Å². The fraction of sp³-hybridized carbons (Fsp3) is 0.571. The van der Waals surface area contributed by atoms with E-state index in [-0.39, 0.29) is 37.4 Å². The summed E-state index contributed by atoms with van der Waals surface area (Å²) in [4.78, 5) is 60.8. The Balaban J connectivity index is 1.35. The number of nitrogens with one attached hydrogen (secondary N) is 3. The molecule has 288 valence electrons. The van der Waals surface area contributed by atoms with Crippen LogP contribution in [-0.4, -0.2) is 110 Å². The van der Waals surface area contributed by atoms with E-state index in [1.54, 1.807) is 57.2 Å². The number of pyridine rings is 1. The van der Waals surface area contributed by atoms with Gasteiger partial charge in [0.25, 0.3) is 5.91 Å². The number of methoxy groups -OCH3 is 1. The Labute approximate surface area is 308 Å². The Morgan fingerprint density at radius 2 is 1.89 bits per heavy atom. The summed E-state index contributed by atoms with van der Waals surface area (Å²) in [7, 11) is -6.35. The predicted octanol–water partition coefficient (Wildman–Crippen LogP) is 1.73. The minimum Gasteiger partial charge on any atom is -0.497 e. The molecule has 1 aromatic heterocycles. The number of hydrogen-bond acceptors (Lipinski definition) is 12. The molecule has 5 atom stereocenters. The largest absolute Gasteiger partial charge is 0.497 e. The van der Waals surface area contributed by atoms with Gasteiger partial charge in [0.2, 0.25) is 27.7 Å². The van der Waals surface area contributed by atoms with Gasteiger partial charge < -0.3 is 29.7 Å². The number of benzene rings is 1. The molecule has 1 saturated heterocycles. The van der Waals surface area contributed by atoms with Gasteiger partial charge in [0.15, 0.2) is 9.84 Å². The molecule has 2 aliphatic carbocycles. The highest BCUT2D eigenvalue weighted by Crippen LogP contribution is 2.46. The molecule has 2 saturated carbocycles. The van der Waals surface area contributed by atoms with Crippen LogP contribution in [0, 0.1) is 5.92 Å². The lowest BCUT2D eigenvalue weighted by Crippen LogP contribution is -2.59. The number of hydrogen-bond donors (Lipinski definition) is 3. The number of carbonyl (C=O) groups excluding carboxylic acids is 4. The summed E-state index contributed by atoms with van der Waals surface area (Å²) in [6.45, 7) is 4.63. The Bertz CT molecular complexity index is 2050. The van der Waals surface area contributed by atoms with Crippen molar-refractivity contribution >= 4 is 54.4 Å². The van der Waals surface area contributed by atoms with Crippen molar-refractivity contribution in [3.05, 3.63) is 42.6 Å². The van der Waals surface area contributed by atoms with Crippen LogP contribution in [0.3, 0.4) is 0 Å². The fourth-order valence-electron chi connectivity index (χ4n) is 6.69. The van der Waals surface area contributed by atoms with Crippen molar-refractivity contribution in [1.82, 2.24) is 25.2 Å². The third-order valence-corrected chi connectivity index (χ3v) is 13.2. The Hall–Kier alpha value is -4.45. The minimum atomic E-state index is -3.96. The zero-order valence-electron chi connectivity index (χ0n) is 30.0. The maximum atomic E-state index is 14.4. The van der Waals surface area contributed by atoms with E-state index in [0.717, 1.165) is 10.3 Å². The minimum absolute atomic E-state index is 0.0896. The number of sulfonamides is 1. The molecule has 18 heteroatoms. The van der Waals surface area contributed by atoms with Crippen LogP contribution in [0.15, 0.2) is 42.6 Å². The Morgan fingerprint density at radius 3 is 2.58 bits per heavy atom. The van der Waals surface area contributed by atoms with Crippen molar-refractivity contribution in [3.8, 4) is 11.6 Å². The van der Waals surface area contributed by atoms with Gasteiger partial charge in [-0.1, -0.05) is 12.2 Å². The molecule has 4 amide bonds. The number of nitrogens with zero attached hydrogens (tertiary/aromatic N) is 2. The molecule has 1 aromatic carbocycles. The molecule has 6 rings (SSSR count). The number of rotatable bonds is 7. The first-order valence-electron chi connectivity index (χ1n) is 17.5. The van der Waals surface area contributed by atoms with Crippen LogP contribution < -0.4 is 24.8 Å². The van der Waals surface area contributed by atoms with Gasteiger partial charge in [-0.15, -0.1) is 0 Å². The molecule has 3 heterocycles. The van der Waals surface area contributed by atoms with E-state index in [9.17, 15) is 36.0 Å². The molecular formula is C35H45N5O11S2. The molecule has 0 unspecified atom stereocenters. The van der Waals surface area contributed by atoms with Gasteiger partial charge in [0.1, 0.15) is 35.1 Å². The lowest BCUT2D eigenvalue weighted by Gasteiger charge is -2.30. The van der Waals surface area contributed by atoms with Gasteiger partial charge >= 0.3 is 6.09 Å². The second-order valence-corrected chi connectivity index (χ2v) is 19.2. The third kappa shape index (κ3) is 8.86. The lowest BCUT2D eigenvalue weighted by molar-refractivity contribution is -0.140. The quantitative estimate of drug-likeness (QED) is 0.343. The third-order valence-electron chi connectivity index (χ3n) is 9.63. The van der Waals surface area contributed by atoms with Crippen molar-refractivity contribution in [2.75, 3.05) is 25.2 Å². The van der Waals surface area contributed by atoms with Gasteiger partial charge in [-0.05, 0) is 82.5 Å². The standard InChI is InChI=1S/C35H45N5O11S2/c1-34(2,3)51-33(44)37-27-20-52(45,46)15-7-5-6-8-22-18-35(22,32(43)39-53(47,48)25-10-11-25)38-29(41)28-17-24(19-40(28)31(27)42)50-30-26-12-9-23(49-4)16-21(26)13-14-36-30/h6,8-9,12-14,16,22,24-25,27-28H,5,7,10-11,15,17-20H2,1-4H3,(H,37,44)(H,38,41)(H,39,43)/b8-6-/t22-,24-,27+,28+,35-/m1/s1. The second-order valence-electron chi connectivity index (χ2n) is 15.0. The summed E-state index contributed by atoms with van der Waals surface area (Å²) in [6, 6.07) is 4.10. The van der Waals surface area contributed by atoms with Gasteiger partial charge in [-0.3, -0.25) is 19.1 Å². The summed E-state index contributed by atoms with van der Waals surface area (Å²) in [5.41, 5.74) is -2.59. The second kappa shape index (κ2) is 14.4. The number of ether oxygens (including phenoxy) is 3. The zero-order valence-corrected chi connectivity index (χ0v) is 31.6. The number of allylic oxidation sites excluding steroid dienone is 1. The summed E-state index contributed by atoms with van der Waals surface area (Å²) in [5.74, 6) is -3.37. The van der Waals surface area contributed by atoms with Crippen molar-refractivity contribution in [2.45, 2.75) is 93.9 Å². The molecule has 3 N–H and O–H groups in total. The van der Waals surface area contributed by atoms with Gasteiger partial charge in [-0.2, -0.15) is 0 Å². The van der Waals surface area contributed by atoms with Crippen LogP contribution in [0.1, 0.15) is 59.3 Å². The number of fused-ring (bicyclic) bond motifs is 3. The first-order chi connectivity index (χ1) is 24.9. The topological polar surface area (TPSA) is 216 Å². The van der Waals surface area contributed by atoms with Crippen LogP contribution in [0.25, 0.3) is 10.8 Å². The maximum Gasteiger partial charge on any atom is 0.408 e. The van der Waals surface area contributed by atoms with Gasteiger partial charge in [0.05, 0.1) is 30.4 Å². The highest BCUT2D eigenvalue weighted by molar-refractivity contribution is 7.91. The molecule has 0 radical (unpaired) electrons. The SMILES string of the molecule is COc1ccc2c(O[C@@H]3C[C@H]4C(=O)N[C@]5(C(=O)NS(=O)(=O)C6CC6)C[C@H]5/C=C\CCCS(=O)(=O)C[C@H](NC(=O)OC(C)(C)C)C(=O)N4C3)nccc2c1. The monoisotopic (exact) mass is 775 g/mol. The van der Waals surface area contributed by atoms with Crippen LogP contribution >= 0.6 is 0 Å². The average molecular weight is 776 g/mol. The molecule has 0 spiro atoms. The highest BCUT2D eigenvalue weighted by Gasteiger charge is 2.62. The zero-order chi connectivity index (χ0) is 38.3. The fourth-order valence-corrected chi connectivity index (χ4v) is 9.56. The smallest absolute Gasteiger partial charge is 0.408 e. The van der Waals surface area contributed by atoms with E-state index in [1.807, 2.05) is 0 Å². The number of amides is 4. The van der Waals surface area contributed by atoms with Crippen molar-refractivity contribution < 1.29 is 50.2 Å². The van der Waals surface area contributed by atoms with Crippen LogP contribution in [0.2, 0.25) is 0 Å². The summed E-state index contributed by atoms with van der Waals surface area (Å²) in [5, 5.41) is 5.87. The highest BCUT2D eigenvalue weighted by atomic mass is 32.2. The summed E-state index contributed by atoms with van der Waals surface area (Å²) >= 11 is 0. The van der Waals surface area contributed by atoms with E-state index < -0.39 is 89.9 Å². The number of carbonyl (C=O) groups is 4. The first kappa shape index (κ1) is 38.3. The predicted molar refractivity (Wildman–Crippen MR) is 192 cm³/mol. The van der Waals surface area contributed by atoms with E-state index >= 15 is 0 Å². The van der Waals surface area contributed by atoms with Crippen molar-refractivity contribution in [2.24, 2.45) is 5.92 Å². The number of aromatic nitrogens is 1. The molecule has 16 nitrogen and oxygen atoms in total. The molecule has 0 bridgehead atoms. The van der Waals surface area contributed by atoms with E-state index in [4.69, 9.17) is 14.2 Å². The summed E-state index contributed by atoms with van der Waals surface area (Å²) in [6.07, 6.45) is 4.33. The van der Waals surface area contributed by atoms with Crippen LogP contribution in [0.5, 0.6) is 11.6 Å². The first-order valence-corrected chi connectivity index (χ1v) is 20.9. The molecule has 2 aliphatic heterocycles. The van der Waals surface area contributed by atoms with Crippen molar-refractivity contribution in [3.63, 3.8) is 0 Å². The van der Waals surface area contributed by atoms with E-state index in [1.165, 1.54) is 13.3 Å². The van der Waals surface area contributed by atoms with Crippen molar-refractivity contribution in [1.29, 1.82) is 0 Å². The number of sulfone groups is 1. The van der Waals surface area contributed by atoms with E-state index in [0.29, 0.717) is 30.4 Å². The lowest BCUT2D eigenvalue weighted by atomic mass is 10.1. The molecule has 3 fully saturated rings. The molecule has 2 aromatic rings. The summed E-state index contributed by atoms with van der Waals surface area (Å²) < 4.78 is 71.4. The molecule has 53 heavy (non-hydrogen) atoms. The van der Waals surface area contributed by atoms with Gasteiger partial charge in [-0.25, -0.2) is 26.6 Å². The van der Waals surface area contributed by atoms with E-state index in [2.05, 4.69) is 20.3 Å². The molecular weight excluding hydrogens is 731 g/mol.